The first kappa shape index (κ1) is 12.3. The summed E-state index contributed by atoms with van der Waals surface area (Å²) in [6.45, 7) is 1.15. The Morgan fingerprint density at radius 3 is 2.74 bits per heavy atom. The molecular weight excluding hydrogens is 247 g/mol. The van der Waals surface area contributed by atoms with E-state index in [-0.39, 0.29) is 17.3 Å². The van der Waals surface area contributed by atoms with Gasteiger partial charge in [-0.15, -0.1) is 0 Å². The number of benzene rings is 1. The Hall–Kier alpha value is -1.72. The summed E-state index contributed by atoms with van der Waals surface area (Å²) in [4.78, 5) is 14.8. The lowest BCUT2D eigenvalue weighted by atomic mass is 9.90. The largest absolute Gasteiger partial charge is 0.322 e. The van der Waals surface area contributed by atoms with Crippen molar-refractivity contribution in [1.82, 2.24) is 10.0 Å². The van der Waals surface area contributed by atoms with Gasteiger partial charge in [0.05, 0.1) is 5.52 Å². The van der Waals surface area contributed by atoms with E-state index in [9.17, 15) is 14.4 Å². The Morgan fingerprint density at radius 2 is 2.00 bits per heavy atom. The van der Waals surface area contributed by atoms with Crippen molar-refractivity contribution < 1.29 is 9.60 Å². The summed E-state index contributed by atoms with van der Waals surface area (Å²) in [6.07, 6.45) is 1.51. The van der Waals surface area contributed by atoms with Gasteiger partial charge in [0.25, 0.3) is 5.56 Å². The number of piperidine rings is 1. The Morgan fingerprint density at radius 1 is 1.26 bits per heavy atom. The second-order valence-electron chi connectivity index (χ2n) is 5.01. The molecule has 0 unspecified atom stereocenters. The molecule has 100 valence electrons. The third kappa shape index (κ3) is 2.39. The SMILES string of the molecule is O=c1[nH]c2cc(F)ccc2cc1C1CCN(O)CC1. The zero-order valence-electron chi connectivity index (χ0n) is 10.4. The molecule has 1 aromatic heterocycles. The fourth-order valence-corrected chi connectivity index (χ4v) is 2.67. The molecule has 1 aliphatic rings. The molecule has 2 aromatic rings. The van der Waals surface area contributed by atoms with Crippen molar-refractivity contribution in [3.05, 3.63) is 46.0 Å². The van der Waals surface area contributed by atoms with Gasteiger partial charge in [-0.1, -0.05) is 0 Å². The average Bonchev–Trinajstić information content (AvgIpc) is 2.39. The van der Waals surface area contributed by atoms with Gasteiger partial charge in [-0.2, -0.15) is 5.06 Å². The minimum absolute atomic E-state index is 0.154. The first-order valence-electron chi connectivity index (χ1n) is 6.40. The summed E-state index contributed by atoms with van der Waals surface area (Å²) in [5.41, 5.74) is 1.09. The number of halogens is 1. The van der Waals surface area contributed by atoms with Crippen LogP contribution in [0.25, 0.3) is 10.9 Å². The van der Waals surface area contributed by atoms with Crippen molar-refractivity contribution >= 4 is 10.9 Å². The number of aromatic amines is 1. The van der Waals surface area contributed by atoms with Crippen molar-refractivity contribution in [2.45, 2.75) is 18.8 Å². The molecule has 0 atom stereocenters. The molecule has 1 aromatic carbocycles. The van der Waals surface area contributed by atoms with E-state index in [1.54, 1.807) is 6.07 Å². The molecule has 19 heavy (non-hydrogen) atoms. The summed E-state index contributed by atoms with van der Waals surface area (Å²) in [5, 5.41) is 11.5. The minimum Gasteiger partial charge on any atom is -0.322 e. The lowest BCUT2D eigenvalue weighted by Gasteiger charge is -2.27. The lowest BCUT2D eigenvalue weighted by Crippen LogP contribution is -2.31. The van der Waals surface area contributed by atoms with E-state index in [2.05, 4.69) is 4.98 Å². The normalized spacial score (nSPS) is 18.0. The zero-order chi connectivity index (χ0) is 13.4. The van der Waals surface area contributed by atoms with Gasteiger partial charge in [0.1, 0.15) is 5.82 Å². The van der Waals surface area contributed by atoms with Gasteiger partial charge < -0.3 is 10.2 Å². The number of nitrogens with one attached hydrogen (secondary N) is 1. The van der Waals surface area contributed by atoms with Gasteiger partial charge in [-0.3, -0.25) is 4.79 Å². The van der Waals surface area contributed by atoms with Crippen LogP contribution in [0.5, 0.6) is 0 Å². The van der Waals surface area contributed by atoms with Crippen LogP contribution in [0.3, 0.4) is 0 Å². The maximum Gasteiger partial charge on any atom is 0.251 e. The van der Waals surface area contributed by atoms with E-state index >= 15 is 0 Å². The summed E-state index contributed by atoms with van der Waals surface area (Å²) >= 11 is 0. The van der Waals surface area contributed by atoms with Gasteiger partial charge in [0, 0.05) is 18.7 Å². The molecule has 0 saturated carbocycles. The molecule has 4 nitrogen and oxygen atoms in total. The van der Waals surface area contributed by atoms with E-state index in [0.717, 1.165) is 23.8 Å². The molecule has 3 rings (SSSR count). The van der Waals surface area contributed by atoms with Gasteiger partial charge in [-0.25, -0.2) is 4.39 Å². The summed E-state index contributed by atoms with van der Waals surface area (Å²) in [7, 11) is 0. The highest BCUT2D eigenvalue weighted by Crippen LogP contribution is 2.26. The predicted octanol–water partition coefficient (Wildman–Crippen LogP) is 2.24. The number of fused-ring (bicyclic) bond motifs is 1. The van der Waals surface area contributed by atoms with Crippen LogP contribution < -0.4 is 5.56 Å². The molecule has 0 bridgehead atoms. The van der Waals surface area contributed by atoms with Crippen LogP contribution >= 0.6 is 0 Å². The molecule has 1 saturated heterocycles. The summed E-state index contributed by atoms with van der Waals surface area (Å²) in [6, 6.07) is 6.23. The van der Waals surface area contributed by atoms with Crippen LogP contribution in [-0.2, 0) is 0 Å². The van der Waals surface area contributed by atoms with Crippen LogP contribution in [0.4, 0.5) is 4.39 Å². The highest BCUT2D eigenvalue weighted by Gasteiger charge is 2.22. The number of rotatable bonds is 1. The van der Waals surface area contributed by atoms with Crippen LogP contribution in [0, 0.1) is 5.82 Å². The number of H-pyrrole nitrogens is 1. The molecular formula is C14H15FN2O2. The van der Waals surface area contributed by atoms with E-state index < -0.39 is 0 Å². The number of aromatic nitrogens is 1. The summed E-state index contributed by atoms with van der Waals surface area (Å²) < 4.78 is 13.1. The highest BCUT2D eigenvalue weighted by atomic mass is 19.1. The Balaban J connectivity index is 2.02. The quantitative estimate of drug-likeness (QED) is 0.828. The Kier molecular flexibility index (Phi) is 3.08. The third-order valence-corrected chi connectivity index (χ3v) is 3.75. The van der Waals surface area contributed by atoms with Crippen molar-refractivity contribution in [2.24, 2.45) is 0 Å². The zero-order valence-corrected chi connectivity index (χ0v) is 10.4. The molecule has 2 heterocycles. The third-order valence-electron chi connectivity index (χ3n) is 3.75. The molecule has 1 fully saturated rings. The van der Waals surface area contributed by atoms with Gasteiger partial charge in [0.2, 0.25) is 0 Å². The second-order valence-corrected chi connectivity index (χ2v) is 5.01. The monoisotopic (exact) mass is 262 g/mol. The fourth-order valence-electron chi connectivity index (χ4n) is 2.67. The average molecular weight is 262 g/mol. The van der Waals surface area contributed by atoms with Crippen molar-refractivity contribution in [3.63, 3.8) is 0 Å². The maximum absolute atomic E-state index is 13.1. The number of nitrogens with zero attached hydrogens (tertiary/aromatic N) is 1. The smallest absolute Gasteiger partial charge is 0.251 e. The van der Waals surface area contributed by atoms with E-state index in [0.29, 0.717) is 18.6 Å². The highest BCUT2D eigenvalue weighted by molar-refractivity contribution is 5.79. The van der Waals surface area contributed by atoms with Crippen molar-refractivity contribution in [3.8, 4) is 0 Å². The standard InChI is InChI=1S/C14H15FN2O2/c15-11-2-1-10-7-12(14(18)16-13(10)8-11)9-3-5-17(19)6-4-9/h1-2,7-9,19H,3-6H2,(H,16,18). The number of hydroxylamine groups is 2. The molecule has 0 amide bonds. The predicted molar refractivity (Wildman–Crippen MR) is 69.9 cm³/mol. The minimum atomic E-state index is -0.357. The van der Waals surface area contributed by atoms with E-state index in [1.165, 1.54) is 17.2 Å². The second kappa shape index (κ2) is 4.75. The number of hydrogen-bond acceptors (Lipinski definition) is 3. The van der Waals surface area contributed by atoms with Crippen molar-refractivity contribution in [1.29, 1.82) is 0 Å². The van der Waals surface area contributed by atoms with Gasteiger partial charge >= 0.3 is 0 Å². The molecule has 1 aliphatic heterocycles. The van der Waals surface area contributed by atoms with E-state index in [4.69, 9.17) is 0 Å². The van der Waals surface area contributed by atoms with Crippen LogP contribution in [0.2, 0.25) is 0 Å². The first-order chi connectivity index (χ1) is 9.13. The van der Waals surface area contributed by atoms with Crippen molar-refractivity contribution in [2.75, 3.05) is 13.1 Å². The summed E-state index contributed by atoms with van der Waals surface area (Å²) in [5.74, 6) is -0.203. The first-order valence-corrected chi connectivity index (χ1v) is 6.40. The number of hydrogen-bond donors (Lipinski definition) is 2. The van der Waals surface area contributed by atoms with Crippen LogP contribution in [0.1, 0.15) is 24.3 Å². The van der Waals surface area contributed by atoms with Gasteiger partial charge in [0.15, 0.2) is 0 Å². The lowest BCUT2D eigenvalue weighted by molar-refractivity contribution is -0.106. The Bertz CT molecular complexity index is 660. The molecule has 0 radical (unpaired) electrons. The maximum atomic E-state index is 13.1. The van der Waals surface area contributed by atoms with Crippen LogP contribution in [-0.4, -0.2) is 28.3 Å². The Labute approximate surface area is 109 Å². The molecule has 2 N–H and O–H groups in total. The molecule has 0 spiro atoms. The topological polar surface area (TPSA) is 56.3 Å². The molecule has 5 heteroatoms. The number of pyridine rings is 1. The van der Waals surface area contributed by atoms with E-state index in [1.807, 2.05) is 6.07 Å². The molecule has 0 aliphatic carbocycles. The van der Waals surface area contributed by atoms with Crippen LogP contribution in [0.15, 0.2) is 29.1 Å². The fraction of sp³-hybridized carbons (Fsp3) is 0.357. The van der Waals surface area contributed by atoms with Gasteiger partial charge in [-0.05, 0) is 48.4 Å².